The van der Waals surface area contributed by atoms with Crippen molar-refractivity contribution in [1.82, 2.24) is 10.2 Å². The summed E-state index contributed by atoms with van der Waals surface area (Å²) < 4.78 is 0. The molecule has 1 N–H and O–H groups in total. The highest BCUT2D eigenvalue weighted by Gasteiger charge is 2.23. The number of nitrogens with one attached hydrogen (secondary N) is 1. The molecule has 1 aliphatic rings. The number of nitrogens with zero attached hydrogens (tertiary/aromatic N) is 1. The Morgan fingerprint density at radius 1 is 1.35 bits per heavy atom. The average Bonchev–Trinajstić information content (AvgIpc) is 2.80. The lowest BCUT2D eigenvalue weighted by molar-refractivity contribution is -0.122. The number of amides is 2. The normalized spacial score (nSPS) is 14.0. The van der Waals surface area contributed by atoms with Crippen LogP contribution in [0.15, 0.2) is 5.38 Å². The molecule has 5 heteroatoms. The van der Waals surface area contributed by atoms with Gasteiger partial charge in [0.15, 0.2) is 0 Å². The van der Waals surface area contributed by atoms with Crippen LogP contribution in [-0.4, -0.2) is 36.3 Å². The van der Waals surface area contributed by atoms with Crippen LogP contribution in [0.3, 0.4) is 0 Å². The fourth-order valence-electron chi connectivity index (χ4n) is 2.53. The molecule has 0 atom stereocenters. The Hall–Kier alpha value is -1.36. The van der Waals surface area contributed by atoms with Gasteiger partial charge in [0.2, 0.25) is 5.91 Å². The van der Waals surface area contributed by atoms with Crippen LogP contribution in [-0.2, 0) is 17.6 Å². The number of hydrogen-bond donors (Lipinski definition) is 1. The van der Waals surface area contributed by atoms with E-state index in [2.05, 4.69) is 5.32 Å². The molecule has 0 aliphatic heterocycles. The molecule has 0 fully saturated rings. The van der Waals surface area contributed by atoms with Gasteiger partial charge in [-0.15, -0.1) is 11.3 Å². The Bertz CT molecular complexity index is 508. The molecule has 0 aromatic carbocycles. The van der Waals surface area contributed by atoms with E-state index in [0.717, 1.165) is 24.8 Å². The molecule has 2 rings (SSSR count). The van der Waals surface area contributed by atoms with Crippen LogP contribution in [0.2, 0.25) is 0 Å². The molecule has 0 saturated heterocycles. The van der Waals surface area contributed by atoms with Gasteiger partial charge in [0, 0.05) is 23.3 Å². The van der Waals surface area contributed by atoms with Crippen molar-refractivity contribution in [3.8, 4) is 0 Å². The summed E-state index contributed by atoms with van der Waals surface area (Å²) in [7, 11) is 1.69. The van der Waals surface area contributed by atoms with Gasteiger partial charge < -0.3 is 10.2 Å². The SMILES string of the molecule is CC(C)NC(=O)CN(C)C(=O)c1csc2c1CCCC2. The van der Waals surface area contributed by atoms with Crippen LogP contribution < -0.4 is 5.32 Å². The van der Waals surface area contributed by atoms with Crippen LogP contribution in [0.25, 0.3) is 0 Å². The molecule has 0 saturated carbocycles. The van der Waals surface area contributed by atoms with Crippen molar-refractivity contribution in [3.05, 3.63) is 21.4 Å². The van der Waals surface area contributed by atoms with Crippen molar-refractivity contribution >= 4 is 23.2 Å². The summed E-state index contributed by atoms with van der Waals surface area (Å²) in [6.45, 7) is 3.94. The van der Waals surface area contributed by atoms with Crippen molar-refractivity contribution in [2.45, 2.75) is 45.6 Å². The molecule has 0 bridgehead atoms. The number of carbonyl (C=O) groups excluding carboxylic acids is 2. The first-order valence-corrected chi connectivity index (χ1v) is 8.01. The minimum Gasteiger partial charge on any atom is -0.352 e. The Morgan fingerprint density at radius 2 is 2.05 bits per heavy atom. The zero-order valence-electron chi connectivity index (χ0n) is 12.4. The predicted molar refractivity (Wildman–Crippen MR) is 81.2 cm³/mol. The van der Waals surface area contributed by atoms with Gasteiger partial charge in [0.05, 0.1) is 12.1 Å². The van der Waals surface area contributed by atoms with Gasteiger partial charge in [-0.25, -0.2) is 0 Å². The van der Waals surface area contributed by atoms with E-state index in [4.69, 9.17) is 0 Å². The van der Waals surface area contributed by atoms with E-state index >= 15 is 0 Å². The number of hydrogen-bond acceptors (Lipinski definition) is 3. The van der Waals surface area contributed by atoms with Gasteiger partial charge in [-0.1, -0.05) is 0 Å². The maximum atomic E-state index is 12.5. The third-order valence-corrected chi connectivity index (χ3v) is 4.56. The Kier molecular flexibility index (Phi) is 4.81. The summed E-state index contributed by atoms with van der Waals surface area (Å²) in [4.78, 5) is 27.0. The van der Waals surface area contributed by atoms with Gasteiger partial charge >= 0.3 is 0 Å². The Balaban J connectivity index is 2.03. The van der Waals surface area contributed by atoms with Gasteiger partial charge in [0.25, 0.3) is 5.91 Å². The van der Waals surface area contributed by atoms with Crippen LogP contribution in [0.1, 0.15) is 47.5 Å². The fraction of sp³-hybridized carbons (Fsp3) is 0.600. The number of aryl methyl sites for hydroxylation is 1. The molecule has 4 nitrogen and oxygen atoms in total. The first-order chi connectivity index (χ1) is 9.49. The summed E-state index contributed by atoms with van der Waals surface area (Å²) >= 11 is 1.68. The van der Waals surface area contributed by atoms with Crippen molar-refractivity contribution in [2.24, 2.45) is 0 Å². The molecule has 1 aromatic heterocycles. The minimum atomic E-state index is -0.111. The van der Waals surface area contributed by atoms with E-state index in [-0.39, 0.29) is 24.4 Å². The molecular weight excluding hydrogens is 272 g/mol. The molecule has 0 radical (unpaired) electrons. The lowest BCUT2D eigenvalue weighted by atomic mass is 9.95. The maximum Gasteiger partial charge on any atom is 0.255 e. The molecule has 0 spiro atoms. The highest BCUT2D eigenvalue weighted by Crippen LogP contribution is 2.30. The highest BCUT2D eigenvalue weighted by atomic mass is 32.1. The van der Waals surface area contributed by atoms with Crippen LogP contribution in [0, 0.1) is 0 Å². The molecule has 0 unspecified atom stereocenters. The second-order valence-electron chi connectivity index (χ2n) is 5.64. The molecule has 110 valence electrons. The van der Waals surface area contributed by atoms with Gasteiger partial charge in [-0.2, -0.15) is 0 Å². The molecular formula is C15H22N2O2S. The third-order valence-electron chi connectivity index (χ3n) is 3.47. The van der Waals surface area contributed by atoms with E-state index < -0.39 is 0 Å². The van der Waals surface area contributed by atoms with Gasteiger partial charge in [-0.05, 0) is 45.1 Å². The Morgan fingerprint density at radius 3 is 2.75 bits per heavy atom. The summed E-state index contributed by atoms with van der Waals surface area (Å²) in [6.07, 6.45) is 4.45. The summed E-state index contributed by atoms with van der Waals surface area (Å²) in [6, 6.07) is 0.0971. The number of fused-ring (bicyclic) bond motifs is 1. The second kappa shape index (κ2) is 6.39. The average molecular weight is 294 g/mol. The van der Waals surface area contributed by atoms with E-state index in [1.807, 2.05) is 19.2 Å². The van der Waals surface area contributed by atoms with Crippen LogP contribution in [0.5, 0.6) is 0 Å². The first-order valence-electron chi connectivity index (χ1n) is 7.13. The number of carbonyl (C=O) groups is 2. The number of likely N-dealkylation sites (N-methyl/N-ethyl adjacent to an activating group) is 1. The van der Waals surface area contributed by atoms with Gasteiger partial charge in [-0.3, -0.25) is 9.59 Å². The van der Waals surface area contributed by atoms with Crippen molar-refractivity contribution in [2.75, 3.05) is 13.6 Å². The van der Waals surface area contributed by atoms with E-state index in [1.54, 1.807) is 18.4 Å². The van der Waals surface area contributed by atoms with E-state index in [1.165, 1.54) is 21.8 Å². The second-order valence-corrected chi connectivity index (χ2v) is 6.61. The van der Waals surface area contributed by atoms with E-state index in [0.29, 0.717) is 0 Å². The molecule has 1 aromatic rings. The quantitative estimate of drug-likeness (QED) is 0.925. The summed E-state index contributed by atoms with van der Waals surface area (Å²) in [5.41, 5.74) is 2.01. The maximum absolute atomic E-state index is 12.5. The zero-order chi connectivity index (χ0) is 14.7. The first kappa shape index (κ1) is 15.0. The molecule has 20 heavy (non-hydrogen) atoms. The van der Waals surface area contributed by atoms with Crippen molar-refractivity contribution in [3.63, 3.8) is 0 Å². The summed E-state index contributed by atoms with van der Waals surface area (Å²) in [5, 5.41) is 4.76. The van der Waals surface area contributed by atoms with Gasteiger partial charge in [0.1, 0.15) is 0 Å². The lowest BCUT2D eigenvalue weighted by Crippen LogP contribution is -2.41. The fourth-order valence-corrected chi connectivity index (χ4v) is 3.65. The molecule has 1 aliphatic carbocycles. The monoisotopic (exact) mass is 294 g/mol. The standard InChI is InChI=1S/C15H22N2O2S/c1-10(2)16-14(18)8-17(3)15(19)12-9-20-13-7-5-4-6-11(12)13/h9-10H,4-8H2,1-3H3,(H,16,18). The number of thiophene rings is 1. The zero-order valence-corrected chi connectivity index (χ0v) is 13.2. The summed E-state index contributed by atoms with van der Waals surface area (Å²) in [5.74, 6) is -0.150. The highest BCUT2D eigenvalue weighted by molar-refractivity contribution is 7.10. The van der Waals surface area contributed by atoms with Crippen molar-refractivity contribution in [1.29, 1.82) is 0 Å². The van der Waals surface area contributed by atoms with Crippen LogP contribution in [0.4, 0.5) is 0 Å². The van der Waals surface area contributed by atoms with E-state index in [9.17, 15) is 9.59 Å². The largest absolute Gasteiger partial charge is 0.352 e. The minimum absolute atomic E-state index is 0.0386. The van der Waals surface area contributed by atoms with Crippen molar-refractivity contribution < 1.29 is 9.59 Å². The smallest absolute Gasteiger partial charge is 0.255 e. The Labute approximate surface area is 124 Å². The lowest BCUT2D eigenvalue weighted by Gasteiger charge is -2.19. The predicted octanol–water partition coefficient (Wildman–Crippen LogP) is 2.22. The number of rotatable bonds is 4. The third kappa shape index (κ3) is 3.39. The molecule has 2 amide bonds. The molecule has 1 heterocycles. The van der Waals surface area contributed by atoms with Crippen LogP contribution >= 0.6 is 11.3 Å². The topological polar surface area (TPSA) is 49.4 Å².